The normalized spacial score (nSPS) is 10.5. The zero-order chi connectivity index (χ0) is 19.4. The molecule has 0 fully saturated rings. The van der Waals surface area contributed by atoms with Crippen molar-refractivity contribution in [3.05, 3.63) is 54.4 Å². The van der Waals surface area contributed by atoms with Crippen molar-refractivity contribution < 1.29 is 19.1 Å². The summed E-state index contributed by atoms with van der Waals surface area (Å²) in [4.78, 5) is 23.8. The summed E-state index contributed by atoms with van der Waals surface area (Å²) in [6, 6.07) is 5.47. The lowest BCUT2D eigenvalue weighted by Crippen LogP contribution is -2.14. The molecule has 138 valence electrons. The number of carbonyl (C=O) groups excluding carboxylic acids is 2. The highest BCUT2D eigenvalue weighted by Crippen LogP contribution is 2.36. The van der Waals surface area contributed by atoms with E-state index in [4.69, 9.17) is 79.1 Å². The molecule has 4 nitrogen and oxygen atoms in total. The van der Waals surface area contributed by atoms with Crippen LogP contribution in [0.5, 0.6) is 11.5 Å². The Morgan fingerprint density at radius 3 is 1.35 bits per heavy atom. The van der Waals surface area contributed by atoms with Gasteiger partial charge in [0.25, 0.3) is 0 Å². The van der Waals surface area contributed by atoms with E-state index in [0.29, 0.717) is 0 Å². The van der Waals surface area contributed by atoms with Crippen LogP contribution in [-0.2, 0) is 9.59 Å². The number of esters is 2. The number of ether oxygens (including phenoxy) is 2. The molecule has 10 heteroatoms. The monoisotopic (exact) mass is 474 g/mol. The highest BCUT2D eigenvalue weighted by molar-refractivity contribution is 6.44. The summed E-state index contributed by atoms with van der Waals surface area (Å²) in [5, 5.41) is 0.825. The van der Waals surface area contributed by atoms with Crippen LogP contribution in [0.1, 0.15) is 12.8 Å². The summed E-state index contributed by atoms with van der Waals surface area (Å²) >= 11 is 35.2. The van der Waals surface area contributed by atoms with Crippen LogP contribution >= 0.6 is 69.6 Å². The van der Waals surface area contributed by atoms with Gasteiger partial charge in [-0.25, -0.2) is 0 Å². The van der Waals surface area contributed by atoms with E-state index in [9.17, 15) is 9.59 Å². The second kappa shape index (κ2) is 9.36. The van der Waals surface area contributed by atoms with Crippen molar-refractivity contribution in [1.82, 2.24) is 0 Å². The average molecular weight is 477 g/mol. The molecule has 0 N–H and O–H groups in total. The van der Waals surface area contributed by atoms with Gasteiger partial charge in [0.2, 0.25) is 0 Å². The van der Waals surface area contributed by atoms with Crippen LogP contribution in [0.15, 0.2) is 24.3 Å². The molecule has 0 aliphatic carbocycles. The highest BCUT2D eigenvalue weighted by atomic mass is 35.5. The summed E-state index contributed by atoms with van der Waals surface area (Å²) in [5.74, 6) is -1.46. The lowest BCUT2D eigenvalue weighted by Gasteiger charge is -2.09. The minimum Gasteiger partial charge on any atom is -0.425 e. The van der Waals surface area contributed by atoms with Crippen LogP contribution < -0.4 is 9.47 Å². The Morgan fingerprint density at radius 1 is 0.654 bits per heavy atom. The first-order chi connectivity index (χ1) is 12.2. The number of benzene rings is 2. The topological polar surface area (TPSA) is 52.6 Å². The maximum absolute atomic E-state index is 11.9. The van der Waals surface area contributed by atoms with Gasteiger partial charge >= 0.3 is 11.9 Å². The number of halogens is 6. The number of rotatable bonds is 5. The Bertz CT molecular complexity index is 797. The Hall–Kier alpha value is -0.880. The van der Waals surface area contributed by atoms with Crippen molar-refractivity contribution in [2.75, 3.05) is 0 Å². The Labute approximate surface area is 178 Å². The van der Waals surface area contributed by atoms with Gasteiger partial charge < -0.3 is 9.47 Å². The van der Waals surface area contributed by atoms with Crippen molar-refractivity contribution in [2.45, 2.75) is 12.8 Å². The van der Waals surface area contributed by atoms with Crippen molar-refractivity contribution in [3.8, 4) is 11.5 Å². The summed E-state index contributed by atoms with van der Waals surface area (Å²) in [5.41, 5.74) is 0. The largest absolute Gasteiger partial charge is 0.425 e. The van der Waals surface area contributed by atoms with Crippen LogP contribution in [0.4, 0.5) is 0 Å². The van der Waals surface area contributed by atoms with E-state index < -0.39 is 11.9 Å². The van der Waals surface area contributed by atoms with Crippen molar-refractivity contribution >= 4 is 81.5 Å². The van der Waals surface area contributed by atoms with Crippen LogP contribution in [0.25, 0.3) is 0 Å². The average Bonchev–Trinajstić information content (AvgIpc) is 2.55. The molecule has 0 bridgehead atoms. The lowest BCUT2D eigenvalue weighted by atomic mass is 10.3. The molecule has 0 saturated heterocycles. The van der Waals surface area contributed by atoms with Gasteiger partial charge in [0, 0.05) is 22.2 Å². The quantitative estimate of drug-likeness (QED) is 0.267. The first-order valence-electron chi connectivity index (χ1n) is 6.88. The molecular weight excluding hydrogens is 469 g/mol. The molecule has 0 saturated carbocycles. The van der Waals surface area contributed by atoms with Crippen molar-refractivity contribution in [2.24, 2.45) is 0 Å². The molecule has 0 atom stereocenters. The molecule has 0 spiro atoms. The molecule has 2 aromatic carbocycles. The van der Waals surface area contributed by atoms with Gasteiger partial charge in [-0.1, -0.05) is 69.6 Å². The Balaban J connectivity index is 1.95. The van der Waals surface area contributed by atoms with Crippen molar-refractivity contribution in [1.29, 1.82) is 0 Å². The zero-order valence-corrected chi connectivity index (χ0v) is 17.2. The molecule has 0 aliphatic heterocycles. The standard InChI is InChI=1S/C16H8Cl6O4/c17-7-3-9(19)15(21)11(5-7)25-13(23)1-2-14(24)26-12-6-8(18)4-10(20)16(12)22/h3-6H,1-2H2. The van der Waals surface area contributed by atoms with Crippen LogP contribution in [0.2, 0.25) is 30.1 Å². The zero-order valence-electron chi connectivity index (χ0n) is 12.6. The third-order valence-electron chi connectivity index (χ3n) is 2.90. The van der Waals surface area contributed by atoms with E-state index in [1.807, 2.05) is 0 Å². The summed E-state index contributed by atoms with van der Waals surface area (Å²) in [6.07, 6.45) is -0.545. The molecule has 2 aromatic rings. The second-order valence-electron chi connectivity index (χ2n) is 4.85. The molecule has 0 amide bonds. The summed E-state index contributed by atoms with van der Waals surface area (Å²) in [6.45, 7) is 0. The molecule has 0 aliphatic rings. The third kappa shape index (κ3) is 5.81. The minimum atomic E-state index is -0.725. The minimum absolute atomic E-state index is 0.00722. The van der Waals surface area contributed by atoms with E-state index in [1.54, 1.807) is 0 Å². The molecule has 26 heavy (non-hydrogen) atoms. The number of carbonyl (C=O) groups is 2. The predicted molar refractivity (Wildman–Crippen MR) is 103 cm³/mol. The molecule has 2 rings (SSSR count). The van der Waals surface area contributed by atoms with E-state index in [2.05, 4.69) is 0 Å². The lowest BCUT2D eigenvalue weighted by molar-refractivity contribution is -0.140. The first kappa shape index (κ1) is 21.4. The molecule has 0 radical (unpaired) electrons. The fourth-order valence-electron chi connectivity index (χ4n) is 1.76. The molecule has 0 unspecified atom stereocenters. The summed E-state index contributed by atoms with van der Waals surface area (Å²) in [7, 11) is 0. The Morgan fingerprint density at radius 2 is 1.00 bits per heavy atom. The third-order valence-corrected chi connectivity index (χ3v) is 4.91. The van der Waals surface area contributed by atoms with E-state index in [-0.39, 0.29) is 54.5 Å². The van der Waals surface area contributed by atoms with Gasteiger partial charge in [-0.2, -0.15) is 0 Å². The second-order valence-corrected chi connectivity index (χ2v) is 7.29. The molecular formula is C16H8Cl6O4. The maximum Gasteiger partial charge on any atom is 0.311 e. The maximum atomic E-state index is 11.9. The Kier molecular flexibility index (Phi) is 7.71. The predicted octanol–water partition coefficient (Wildman–Crippen LogP) is 6.90. The smallest absolute Gasteiger partial charge is 0.311 e. The summed E-state index contributed by atoms with van der Waals surface area (Å²) < 4.78 is 10.1. The fraction of sp³-hybridized carbons (Fsp3) is 0.125. The van der Waals surface area contributed by atoms with Crippen LogP contribution in [0, 0.1) is 0 Å². The number of hydrogen-bond donors (Lipinski definition) is 0. The van der Waals surface area contributed by atoms with E-state index in [0.717, 1.165) is 0 Å². The van der Waals surface area contributed by atoms with Crippen LogP contribution in [0.3, 0.4) is 0 Å². The van der Waals surface area contributed by atoms with Gasteiger partial charge in [-0.05, 0) is 12.1 Å². The van der Waals surface area contributed by atoms with Gasteiger partial charge in [0.05, 0.1) is 22.9 Å². The molecule has 0 aromatic heterocycles. The number of hydrogen-bond acceptors (Lipinski definition) is 4. The van der Waals surface area contributed by atoms with E-state index >= 15 is 0 Å². The first-order valence-corrected chi connectivity index (χ1v) is 9.14. The SMILES string of the molecule is O=C(CCC(=O)Oc1cc(Cl)cc(Cl)c1Cl)Oc1cc(Cl)cc(Cl)c1Cl. The van der Waals surface area contributed by atoms with Crippen LogP contribution in [-0.4, -0.2) is 11.9 Å². The van der Waals surface area contributed by atoms with Gasteiger partial charge in [0.15, 0.2) is 11.5 Å². The van der Waals surface area contributed by atoms with E-state index in [1.165, 1.54) is 24.3 Å². The van der Waals surface area contributed by atoms with Gasteiger partial charge in [-0.15, -0.1) is 0 Å². The van der Waals surface area contributed by atoms with Gasteiger partial charge in [0.1, 0.15) is 10.0 Å². The van der Waals surface area contributed by atoms with Gasteiger partial charge in [-0.3, -0.25) is 9.59 Å². The molecule has 0 heterocycles. The van der Waals surface area contributed by atoms with Crippen molar-refractivity contribution in [3.63, 3.8) is 0 Å². The fourth-order valence-corrected chi connectivity index (χ4v) is 3.01. The highest BCUT2D eigenvalue weighted by Gasteiger charge is 2.17.